The molecule has 3 aromatic heterocycles. The van der Waals surface area contributed by atoms with Gasteiger partial charge in [0.05, 0.1) is 11.7 Å². The van der Waals surface area contributed by atoms with Crippen LogP contribution in [0.4, 0.5) is 0 Å². The summed E-state index contributed by atoms with van der Waals surface area (Å²) >= 11 is 5.06. The monoisotopic (exact) mass is 726 g/mol. The van der Waals surface area contributed by atoms with Gasteiger partial charge in [0, 0.05) is 30.3 Å². The van der Waals surface area contributed by atoms with Gasteiger partial charge in [0.2, 0.25) is 0 Å². The molecule has 0 aliphatic heterocycles. The number of thiophene rings is 2. The fourth-order valence-corrected chi connectivity index (χ4v) is 10.4. The van der Waals surface area contributed by atoms with Crippen LogP contribution in [0.2, 0.25) is 0 Å². The van der Waals surface area contributed by atoms with Crippen molar-refractivity contribution in [2.45, 2.75) is 91.9 Å². The van der Waals surface area contributed by atoms with Crippen LogP contribution < -0.4 is 0 Å². The maximum absolute atomic E-state index is 4.81. The number of aromatic nitrogens is 2. The SMILES string of the molecule is CCCCC(CC)Cc1ccc(-c2ccc(-c3ccc(-c4cc5sc(-c6ccc(CC(CC)CCCC)cc6)cc5s4)c4nsnc34)cc2)cc1. The minimum atomic E-state index is 0.787. The van der Waals surface area contributed by atoms with Gasteiger partial charge in [-0.15, -0.1) is 22.7 Å². The van der Waals surface area contributed by atoms with E-state index in [4.69, 9.17) is 8.75 Å². The molecule has 3 heterocycles. The van der Waals surface area contributed by atoms with Gasteiger partial charge in [-0.25, -0.2) is 0 Å². The van der Waals surface area contributed by atoms with Gasteiger partial charge in [-0.3, -0.25) is 0 Å². The Labute approximate surface area is 317 Å². The highest BCUT2D eigenvalue weighted by molar-refractivity contribution is 7.31. The Balaban J connectivity index is 1.06. The van der Waals surface area contributed by atoms with E-state index >= 15 is 0 Å². The number of benzene rings is 4. The molecule has 4 aromatic carbocycles. The van der Waals surface area contributed by atoms with E-state index in [2.05, 4.69) is 125 Å². The van der Waals surface area contributed by atoms with Crippen molar-refractivity contribution in [2.75, 3.05) is 0 Å². The van der Waals surface area contributed by atoms with Crippen molar-refractivity contribution in [3.8, 4) is 43.1 Å². The second-order valence-corrected chi connectivity index (χ2v) is 17.0. The average Bonchev–Trinajstić information content (AvgIpc) is 3.92. The van der Waals surface area contributed by atoms with Gasteiger partial charge in [-0.2, -0.15) is 8.75 Å². The van der Waals surface area contributed by atoms with Crippen molar-refractivity contribution in [3.63, 3.8) is 0 Å². The maximum Gasteiger partial charge on any atom is 0.114 e. The molecule has 0 aliphatic carbocycles. The fourth-order valence-electron chi connectivity index (χ4n) is 7.44. The van der Waals surface area contributed by atoms with Gasteiger partial charge >= 0.3 is 0 Å². The van der Waals surface area contributed by atoms with Crippen molar-refractivity contribution in [1.82, 2.24) is 8.75 Å². The summed E-state index contributed by atoms with van der Waals surface area (Å²) in [6.07, 6.45) is 12.8. The number of nitrogens with zero attached hydrogens (tertiary/aromatic N) is 2. The predicted molar refractivity (Wildman–Crippen MR) is 226 cm³/mol. The van der Waals surface area contributed by atoms with Crippen LogP contribution in [0, 0.1) is 11.8 Å². The Morgan fingerprint density at radius 2 is 0.941 bits per heavy atom. The molecule has 262 valence electrons. The number of fused-ring (bicyclic) bond motifs is 2. The van der Waals surface area contributed by atoms with Crippen LogP contribution in [0.5, 0.6) is 0 Å². The molecule has 7 rings (SSSR count). The first-order valence-electron chi connectivity index (χ1n) is 19.1. The number of unbranched alkanes of at least 4 members (excludes halogenated alkanes) is 2. The van der Waals surface area contributed by atoms with E-state index in [0.29, 0.717) is 0 Å². The van der Waals surface area contributed by atoms with Crippen LogP contribution in [0.3, 0.4) is 0 Å². The second kappa shape index (κ2) is 16.8. The van der Waals surface area contributed by atoms with E-state index in [-0.39, 0.29) is 0 Å². The lowest BCUT2D eigenvalue weighted by Crippen LogP contribution is -2.03. The number of hydrogen-bond acceptors (Lipinski definition) is 5. The summed E-state index contributed by atoms with van der Waals surface area (Å²) in [6, 6.07) is 36.7. The smallest absolute Gasteiger partial charge is 0.114 e. The summed E-state index contributed by atoms with van der Waals surface area (Å²) in [5.41, 5.74) is 12.2. The molecule has 0 aliphatic rings. The fraction of sp³-hybridized carbons (Fsp3) is 0.348. The summed E-state index contributed by atoms with van der Waals surface area (Å²) in [6.45, 7) is 9.24. The first-order valence-corrected chi connectivity index (χ1v) is 21.5. The standard InChI is InChI=1S/C46H50N2S3/c1-5-9-11-31(7-3)27-33-13-17-35(18-14-33)36-21-23-37(24-22-36)39-25-26-40(46-45(39)47-51-48-46)42-30-44-43(50-42)29-41(49-44)38-19-15-34(16-20-38)28-32(8-4)12-10-6-2/h13-26,29-32H,5-12,27-28H2,1-4H3. The molecule has 2 nitrogen and oxygen atoms in total. The summed E-state index contributed by atoms with van der Waals surface area (Å²) < 4.78 is 12.3. The van der Waals surface area contributed by atoms with E-state index in [9.17, 15) is 0 Å². The quantitative estimate of drug-likeness (QED) is 0.0991. The van der Waals surface area contributed by atoms with Gasteiger partial charge < -0.3 is 0 Å². The molecule has 0 bridgehead atoms. The Kier molecular flexibility index (Phi) is 11.8. The molecule has 0 amide bonds. The Bertz CT molecular complexity index is 2120. The van der Waals surface area contributed by atoms with Crippen molar-refractivity contribution in [2.24, 2.45) is 11.8 Å². The summed E-state index contributed by atoms with van der Waals surface area (Å²) in [7, 11) is 0. The van der Waals surface area contributed by atoms with Crippen LogP contribution in [0.1, 0.15) is 90.2 Å². The number of hydrogen-bond donors (Lipinski definition) is 0. The zero-order valence-corrected chi connectivity index (χ0v) is 33.0. The normalized spacial score (nSPS) is 12.9. The van der Waals surface area contributed by atoms with Crippen molar-refractivity contribution < 1.29 is 0 Å². The van der Waals surface area contributed by atoms with E-state index in [1.165, 1.54) is 134 Å². The third kappa shape index (κ3) is 8.22. The maximum atomic E-state index is 4.81. The molecular formula is C46H50N2S3. The molecule has 2 unspecified atom stereocenters. The van der Waals surface area contributed by atoms with Gasteiger partial charge in [0.1, 0.15) is 11.0 Å². The molecule has 7 aromatic rings. The number of rotatable bonds is 16. The molecule has 0 radical (unpaired) electrons. The first-order chi connectivity index (χ1) is 25.1. The summed E-state index contributed by atoms with van der Waals surface area (Å²) in [5, 5.41) is 0. The Morgan fingerprint density at radius 3 is 1.49 bits per heavy atom. The molecule has 0 fully saturated rings. The first kappa shape index (κ1) is 35.7. The summed E-state index contributed by atoms with van der Waals surface area (Å²) in [4.78, 5) is 2.60. The highest BCUT2D eigenvalue weighted by Gasteiger charge is 2.17. The van der Waals surface area contributed by atoms with Crippen molar-refractivity contribution in [3.05, 3.63) is 108 Å². The lowest BCUT2D eigenvalue weighted by molar-refractivity contribution is 0.449. The van der Waals surface area contributed by atoms with Crippen LogP contribution in [-0.4, -0.2) is 8.75 Å². The Hall–Kier alpha value is -3.64. The van der Waals surface area contributed by atoms with Gasteiger partial charge in [-0.05, 0) is 70.2 Å². The van der Waals surface area contributed by atoms with Crippen LogP contribution in [0.25, 0.3) is 63.6 Å². The molecule has 51 heavy (non-hydrogen) atoms. The van der Waals surface area contributed by atoms with Gasteiger partial charge in [0.15, 0.2) is 0 Å². The van der Waals surface area contributed by atoms with Gasteiger partial charge in [-0.1, -0.05) is 164 Å². The van der Waals surface area contributed by atoms with E-state index < -0.39 is 0 Å². The molecular weight excluding hydrogens is 677 g/mol. The lowest BCUT2D eigenvalue weighted by atomic mass is 9.91. The van der Waals surface area contributed by atoms with Crippen LogP contribution >= 0.6 is 34.4 Å². The molecule has 0 N–H and O–H groups in total. The minimum Gasteiger partial charge on any atom is -0.172 e. The zero-order chi connectivity index (χ0) is 35.2. The predicted octanol–water partition coefficient (Wildman–Crippen LogP) is 15.2. The molecule has 5 heteroatoms. The van der Waals surface area contributed by atoms with E-state index in [1.807, 2.05) is 22.7 Å². The minimum absolute atomic E-state index is 0.787. The van der Waals surface area contributed by atoms with Crippen LogP contribution in [0.15, 0.2) is 97.1 Å². The average molecular weight is 727 g/mol. The highest BCUT2D eigenvalue weighted by Crippen LogP contribution is 2.44. The topological polar surface area (TPSA) is 25.8 Å². The third-order valence-corrected chi connectivity index (χ3v) is 13.6. The lowest BCUT2D eigenvalue weighted by Gasteiger charge is -2.14. The third-order valence-electron chi connectivity index (χ3n) is 10.7. The molecule has 2 atom stereocenters. The summed E-state index contributed by atoms with van der Waals surface area (Å²) in [5.74, 6) is 1.58. The second-order valence-electron chi connectivity index (χ2n) is 14.3. The van der Waals surface area contributed by atoms with Gasteiger partial charge in [0.25, 0.3) is 0 Å². The van der Waals surface area contributed by atoms with E-state index in [1.54, 1.807) is 0 Å². The largest absolute Gasteiger partial charge is 0.172 e. The molecule has 0 saturated heterocycles. The van der Waals surface area contributed by atoms with Crippen molar-refractivity contribution in [1.29, 1.82) is 0 Å². The van der Waals surface area contributed by atoms with Crippen molar-refractivity contribution >= 4 is 54.8 Å². The molecule has 0 saturated carbocycles. The highest BCUT2D eigenvalue weighted by atomic mass is 32.1. The van der Waals surface area contributed by atoms with E-state index in [0.717, 1.165) is 28.4 Å². The Morgan fingerprint density at radius 1 is 0.490 bits per heavy atom. The zero-order valence-electron chi connectivity index (χ0n) is 30.6. The van der Waals surface area contributed by atoms with Crippen LogP contribution in [-0.2, 0) is 12.8 Å². The molecule has 0 spiro atoms.